The molecule has 1 aliphatic heterocycles. The maximum atomic E-state index is 12.9. The number of carbonyl (C=O) groups excluding carboxylic acids is 3. The lowest BCUT2D eigenvalue weighted by atomic mass is 9.85. The molecule has 3 amide bonds. The number of carbonyl (C=O) groups is 3. The zero-order chi connectivity index (χ0) is 21.8. The quantitative estimate of drug-likeness (QED) is 0.512. The van der Waals surface area contributed by atoms with Gasteiger partial charge >= 0.3 is 0 Å². The molecular weight excluding hydrogens is 402 g/mol. The van der Waals surface area contributed by atoms with E-state index < -0.39 is 0 Å². The molecule has 0 spiro atoms. The van der Waals surface area contributed by atoms with Gasteiger partial charge in [0.2, 0.25) is 17.7 Å². The molecule has 6 heteroatoms. The van der Waals surface area contributed by atoms with Gasteiger partial charge in [-0.1, -0.05) is 30.4 Å². The van der Waals surface area contributed by atoms with Crippen molar-refractivity contribution in [3.63, 3.8) is 0 Å². The summed E-state index contributed by atoms with van der Waals surface area (Å²) in [6.07, 6.45) is 7.04. The number of pyridine rings is 1. The van der Waals surface area contributed by atoms with Crippen LogP contribution in [-0.4, -0.2) is 22.7 Å². The van der Waals surface area contributed by atoms with Gasteiger partial charge in [-0.2, -0.15) is 0 Å². The summed E-state index contributed by atoms with van der Waals surface area (Å²) in [7, 11) is 0. The first kappa shape index (κ1) is 18.9. The average molecular weight is 423 g/mol. The molecule has 2 aliphatic carbocycles. The van der Waals surface area contributed by atoms with Gasteiger partial charge in [-0.05, 0) is 60.2 Å². The second-order valence-electron chi connectivity index (χ2n) is 8.81. The van der Waals surface area contributed by atoms with Gasteiger partial charge in [0.05, 0.1) is 29.5 Å². The second kappa shape index (κ2) is 7.12. The standard InChI is InChI=1S/C26H21N3O3/c30-22(28-19-7-10-21-16(14-19)2-1-11-27-21)12-15-3-8-20(9-4-15)29-25(31)23-17-5-6-18(13-17)24(23)26(29)32/h1-11,14,17-18,23-24H,12-13H2,(H,28,30). The molecule has 3 aromatic rings. The van der Waals surface area contributed by atoms with E-state index in [0.29, 0.717) is 5.69 Å². The number of imide groups is 1. The Morgan fingerprint density at radius 1 is 0.969 bits per heavy atom. The molecule has 1 saturated carbocycles. The van der Waals surface area contributed by atoms with E-state index in [-0.39, 0.29) is 47.8 Å². The average Bonchev–Trinajstić information content (AvgIpc) is 3.48. The van der Waals surface area contributed by atoms with Crippen LogP contribution >= 0.6 is 0 Å². The fourth-order valence-electron chi connectivity index (χ4n) is 5.46. The molecule has 158 valence electrons. The zero-order valence-corrected chi connectivity index (χ0v) is 17.3. The van der Waals surface area contributed by atoms with Gasteiger partial charge in [-0.3, -0.25) is 24.3 Å². The van der Waals surface area contributed by atoms with Crippen LogP contribution in [0.5, 0.6) is 0 Å². The van der Waals surface area contributed by atoms with Gasteiger partial charge < -0.3 is 5.32 Å². The molecule has 6 rings (SSSR count). The third-order valence-electron chi connectivity index (χ3n) is 6.92. The summed E-state index contributed by atoms with van der Waals surface area (Å²) >= 11 is 0. The summed E-state index contributed by atoms with van der Waals surface area (Å²) < 4.78 is 0. The van der Waals surface area contributed by atoms with Gasteiger partial charge in [0.15, 0.2) is 0 Å². The van der Waals surface area contributed by atoms with Crippen molar-refractivity contribution in [2.24, 2.45) is 23.7 Å². The van der Waals surface area contributed by atoms with E-state index in [4.69, 9.17) is 0 Å². The summed E-state index contributed by atoms with van der Waals surface area (Å²) in [5.41, 5.74) is 2.99. The highest BCUT2D eigenvalue weighted by Crippen LogP contribution is 2.53. The molecule has 3 aliphatic rings. The van der Waals surface area contributed by atoms with Crippen LogP contribution in [0.1, 0.15) is 12.0 Å². The lowest BCUT2D eigenvalue weighted by Crippen LogP contribution is -2.32. The van der Waals surface area contributed by atoms with Crippen molar-refractivity contribution in [2.75, 3.05) is 10.2 Å². The predicted octanol–water partition coefficient (Wildman–Crippen LogP) is 3.73. The molecule has 32 heavy (non-hydrogen) atoms. The molecule has 4 atom stereocenters. The molecule has 1 N–H and O–H groups in total. The smallest absolute Gasteiger partial charge is 0.238 e. The molecule has 4 unspecified atom stereocenters. The van der Waals surface area contributed by atoms with Crippen molar-refractivity contribution in [3.8, 4) is 0 Å². The second-order valence-corrected chi connectivity index (χ2v) is 8.81. The first-order valence-corrected chi connectivity index (χ1v) is 10.9. The number of hydrogen-bond acceptors (Lipinski definition) is 4. The van der Waals surface area contributed by atoms with Gasteiger partial charge in [0, 0.05) is 17.3 Å². The highest BCUT2D eigenvalue weighted by molar-refractivity contribution is 6.22. The number of allylic oxidation sites excluding steroid dienone is 2. The number of anilines is 2. The largest absolute Gasteiger partial charge is 0.326 e. The first-order valence-electron chi connectivity index (χ1n) is 10.9. The van der Waals surface area contributed by atoms with E-state index in [2.05, 4.69) is 22.5 Å². The lowest BCUT2D eigenvalue weighted by Gasteiger charge is -2.17. The highest BCUT2D eigenvalue weighted by Gasteiger charge is 2.59. The minimum Gasteiger partial charge on any atom is -0.326 e. The number of benzene rings is 2. The Kier molecular flexibility index (Phi) is 4.21. The van der Waals surface area contributed by atoms with Crippen LogP contribution in [0.4, 0.5) is 11.4 Å². The molecule has 2 aromatic carbocycles. The highest BCUT2D eigenvalue weighted by atomic mass is 16.2. The molecule has 2 heterocycles. The minimum absolute atomic E-state index is 0.0897. The van der Waals surface area contributed by atoms with Gasteiger partial charge in [-0.15, -0.1) is 0 Å². The van der Waals surface area contributed by atoms with Crippen molar-refractivity contribution in [3.05, 3.63) is 78.5 Å². The van der Waals surface area contributed by atoms with Crippen LogP contribution in [-0.2, 0) is 20.8 Å². The SMILES string of the molecule is O=C(Cc1ccc(N2C(=O)C3C4C=CC(C4)C3C2=O)cc1)Nc1ccc2ncccc2c1. The van der Waals surface area contributed by atoms with Crippen LogP contribution in [0.15, 0.2) is 72.9 Å². The Morgan fingerprint density at radius 2 is 1.69 bits per heavy atom. The third-order valence-corrected chi connectivity index (χ3v) is 6.92. The van der Waals surface area contributed by atoms with Crippen molar-refractivity contribution in [1.82, 2.24) is 4.98 Å². The third kappa shape index (κ3) is 2.94. The number of nitrogens with zero attached hydrogens (tertiary/aromatic N) is 2. The van der Waals surface area contributed by atoms with E-state index in [1.54, 1.807) is 30.5 Å². The maximum absolute atomic E-state index is 12.9. The Hall–Kier alpha value is -3.80. The number of fused-ring (bicyclic) bond motifs is 6. The molecule has 1 aromatic heterocycles. The van der Waals surface area contributed by atoms with E-state index in [9.17, 15) is 14.4 Å². The summed E-state index contributed by atoms with van der Waals surface area (Å²) in [5.74, 6) is -0.339. The van der Waals surface area contributed by atoms with E-state index in [1.165, 1.54) is 4.90 Å². The van der Waals surface area contributed by atoms with Gasteiger partial charge in [0.25, 0.3) is 0 Å². The van der Waals surface area contributed by atoms with Crippen LogP contribution in [0, 0.1) is 23.7 Å². The van der Waals surface area contributed by atoms with Gasteiger partial charge in [-0.25, -0.2) is 0 Å². The maximum Gasteiger partial charge on any atom is 0.238 e. The molecule has 0 radical (unpaired) electrons. The van der Waals surface area contributed by atoms with Crippen LogP contribution in [0.2, 0.25) is 0 Å². The van der Waals surface area contributed by atoms with Crippen molar-refractivity contribution < 1.29 is 14.4 Å². The van der Waals surface area contributed by atoms with Gasteiger partial charge in [0.1, 0.15) is 0 Å². The Morgan fingerprint density at radius 3 is 2.41 bits per heavy atom. The fourth-order valence-corrected chi connectivity index (χ4v) is 5.46. The van der Waals surface area contributed by atoms with Crippen molar-refractivity contribution >= 4 is 40.0 Å². The Bertz CT molecular complexity index is 1270. The van der Waals surface area contributed by atoms with Crippen LogP contribution in [0.3, 0.4) is 0 Å². The monoisotopic (exact) mass is 423 g/mol. The van der Waals surface area contributed by atoms with Crippen LogP contribution in [0.25, 0.3) is 10.9 Å². The molecule has 1 saturated heterocycles. The molecule has 2 bridgehead atoms. The number of aromatic nitrogens is 1. The number of amides is 3. The normalized spacial score (nSPS) is 25.6. The molecular formula is C26H21N3O3. The van der Waals surface area contributed by atoms with Crippen LogP contribution < -0.4 is 10.2 Å². The number of nitrogens with one attached hydrogen (secondary N) is 1. The van der Waals surface area contributed by atoms with E-state index in [0.717, 1.165) is 28.6 Å². The van der Waals surface area contributed by atoms with E-state index in [1.807, 2.05) is 30.3 Å². The van der Waals surface area contributed by atoms with Crippen molar-refractivity contribution in [1.29, 1.82) is 0 Å². The summed E-state index contributed by atoms with van der Waals surface area (Å²) in [5, 5.41) is 3.88. The van der Waals surface area contributed by atoms with E-state index >= 15 is 0 Å². The lowest BCUT2D eigenvalue weighted by molar-refractivity contribution is -0.123. The first-order chi connectivity index (χ1) is 15.6. The minimum atomic E-state index is -0.208. The molecule has 6 nitrogen and oxygen atoms in total. The number of hydrogen-bond donors (Lipinski definition) is 1. The number of rotatable bonds is 4. The predicted molar refractivity (Wildman–Crippen MR) is 121 cm³/mol. The summed E-state index contributed by atoms with van der Waals surface area (Å²) in [4.78, 5) is 44.0. The Balaban J connectivity index is 1.14. The molecule has 2 fully saturated rings. The summed E-state index contributed by atoms with van der Waals surface area (Å²) in [6.45, 7) is 0. The van der Waals surface area contributed by atoms with Crippen molar-refractivity contribution in [2.45, 2.75) is 12.8 Å². The zero-order valence-electron chi connectivity index (χ0n) is 17.3. The Labute approximate surface area is 184 Å². The summed E-state index contributed by atoms with van der Waals surface area (Å²) in [6, 6.07) is 16.6. The topological polar surface area (TPSA) is 79.4 Å². The fraction of sp³-hybridized carbons (Fsp3) is 0.231.